The minimum Gasteiger partial charge on any atom is -0.486 e. The van der Waals surface area contributed by atoms with Crippen LogP contribution in [0.5, 0.6) is 5.75 Å². The lowest BCUT2D eigenvalue weighted by Gasteiger charge is -2.11. The summed E-state index contributed by atoms with van der Waals surface area (Å²) in [5.41, 5.74) is 0.993. The minimum atomic E-state index is 0.434. The van der Waals surface area contributed by atoms with Gasteiger partial charge in [-0.1, -0.05) is 35.8 Å². The van der Waals surface area contributed by atoms with Crippen LogP contribution in [-0.2, 0) is 0 Å². The second-order valence-electron chi connectivity index (χ2n) is 4.24. The maximum atomic E-state index is 6.00. The number of nitrogens with one attached hydrogen (secondary N) is 1. The smallest absolute Gasteiger partial charge is 0.156 e. The highest BCUT2D eigenvalue weighted by atomic mass is 35.5. The van der Waals surface area contributed by atoms with Crippen LogP contribution in [0.2, 0.25) is 10.0 Å². The first-order valence-electron chi connectivity index (χ1n) is 5.63. The standard InChI is InChI=1S/C13H15Cl2NO/c1-9(7-16-10-5-6-10)8-17-13-11(14)3-2-4-12(13)15/h2-4,10,16H,1,5-8H2. The highest BCUT2D eigenvalue weighted by Crippen LogP contribution is 2.32. The molecule has 0 heterocycles. The van der Waals surface area contributed by atoms with E-state index < -0.39 is 0 Å². The summed E-state index contributed by atoms with van der Waals surface area (Å²) in [7, 11) is 0. The third-order valence-corrected chi connectivity index (χ3v) is 3.15. The predicted octanol–water partition coefficient (Wildman–Crippen LogP) is 3.68. The quantitative estimate of drug-likeness (QED) is 0.797. The summed E-state index contributed by atoms with van der Waals surface area (Å²) in [5, 5.41) is 4.43. The molecular formula is C13H15Cl2NO. The molecule has 1 N–H and O–H groups in total. The molecule has 0 spiro atoms. The average molecular weight is 272 g/mol. The third kappa shape index (κ3) is 3.91. The van der Waals surface area contributed by atoms with E-state index in [-0.39, 0.29) is 0 Å². The number of para-hydroxylation sites is 1. The zero-order chi connectivity index (χ0) is 12.3. The Hall–Kier alpha value is -0.700. The van der Waals surface area contributed by atoms with E-state index in [9.17, 15) is 0 Å². The van der Waals surface area contributed by atoms with Crippen molar-refractivity contribution in [2.24, 2.45) is 0 Å². The van der Waals surface area contributed by atoms with Crippen LogP contribution in [-0.4, -0.2) is 19.2 Å². The van der Waals surface area contributed by atoms with Crippen molar-refractivity contribution in [3.05, 3.63) is 40.4 Å². The Bertz CT molecular complexity index is 396. The molecule has 0 radical (unpaired) electrons. The summed E-state index contributed by atoms with van der Waals surface area (Å²) in [4.78, 5) is 0. The fourth-order valence-electron chi connectivity index (χ4n) is 1.42. The third-order valence-electron chi connectivity index (χ3n) is 2.56. The van der Waals surface area contributed by atoms with Crippen molar-refractivity contribution in [2.45, 2.75) is 18.9 Å². The van der Waals surface area contributed by atoms with Gasteiger partial charge in [0.1, 0.15) is 6.61 Å². The van der Waals surface area contributed by atoms with Gasteiger partial charge in [-0.2, -0.15) is 0 Å². The van der Waals surface area contributed by atoms with Crippen LogP contribution in [0.1, 0.15) is 12.8 Å². The zero-order valence-corrected chi connectivity index (χ0v) is 11.0. The highest BCUT2D eigenvalue weighted by Gasteiger charge is 2.20. The second kappa shape index (κ2) is 5.76. The van der Waals surface area contributed by atoms with Gasteiger partial charge in [0.15, 0.2) is 5.75 Å². The highest BCUT2D eigenvalue weighted by molar-refractivity contribution is 6.37. The van der Waals surface area contributed by atoms with Crippen LogP contribution in [0.25, 0.3) is 0 Å². The molecule has 0 unspecified atom stereocenters. The summed E-state index contributed by atoms with van der Waals surface area (Å²) in [5.74, 6) is 0.531. The molecule has 1 saturated carbocycles. The summed E-state index contributed by atoms with van der Waals surface area (Å²) >= 11 is 12.0. The van der Waals surface area contributed by atoms with Crippen LogP contribution in [0.4, 0.5) is 0 Å². The van der Waals surface area contributed by atoms with Gasteiger partial charge in [0, 0.05) is 12.6 Å². The number of ether oxygens (including phenoxy) is 1. The first-order valence-corrected chi connectivity index (χ1v) is 6.39. The van der Waals surface area contributed by atoms with Gasteiger partial charge in [-0.25, -0.2) is 0 Å². The van der Waals surface area contributed by atoms with E-state index in [1.165, 1.54) is 12.8 Å². The van der Waals surface area contributed by atoms with Crippen LogP contribution >= 0.6 is 23.2 Å². The molecule has 1 fully saturated rings. The van der Waals surface area contributed by atoms with Gasteiger partial charge in [-0.3, -0.25) is 0 Å². The minimum absolute atomic E-state index is 0.434. The molecule has 2 nitrogen and oxygen atoms in total. The molecule has 0 amide bonds. The van der Waals surface area contributed by atoms with Crippen molar-refractivity contribution in [2.75, 3.05) is 13.2 Å². The van der Waals surface area contributed by atoms with Crippen molar-refractivity contribution in [3.8, 4) is 5.75 Å². The van der Waals surface area contributed by atoms with E-state index >= 15 is 0 Å². The summed E-state index contributed by atoms with van der Waals surface area (Å²) in [6, 6.07) is 5.99. The van der Waals surface area contributed by atoms with Crippen LogP contribution in [0.15, 0.2) is 30.4 Å². The molecule has 1 aromatic rings. The first-order chi connectivity index (χ1) is 8.16. The van der Waals surface area contributed by atoms with Crippen molar-refractivity contribution < 1.29 is 4.74 Å². The van der Waals surface area contributed by atoms with E-state index in [1.54, 1.807) is 18.2 Å². The van der Waals surface area contributed by atoms with Crippen molar-refractivity contribution in [3.63, 3.8) is 0 Å². The van der Waals surface area contributed by atoms with E-state index in [0.29, 0.717) is 28.4 Å². The average Bonchev–Trinajstić information content (AvgIpc) is 3.09. The number of rotatable bonds is 6. The molecule has 0 aromatic heterocycles. The van der Waals surface area contributed by atoms with E-state index in [0.717, 1.165) is 12.1 Å². The van der Waals surface area contributed by atoms with Gasteiger partial charge in [-0.05, 0) is 30.5 Å². The Labute approximate surface area is 112 Å². The van der Waals surface area contributed by atoms with Gasteiger partial charge in [0.05, 0.1) is 10.0 Å². The Morgan fingerprint density at radius 1 is 1.35 bits per heavy atom. The van der Waals surface area contributed by atoms with Crippen LogP contribution < -0.4 is 10.1 Å². The SMILES string of the molecule is C=C(CNC1CC1)COc1c(Cl)cccc1Cl. The van der Waals surface area contributed by atoms with Gasteiger partial charge in [0.25, 0.3) is 0 Å². The van der Waals surface area contributed by atoms with Gasteiger partial charge < -0.3 is 10.1 Å². The normalized spacial score (nSPS) is 14.7. The molecule has 1 aromatic carbocycles. The maximum Gasteiger partial charge on any atom is 0.156 e. The lowest BCUT2D eigenvalue weighted by Crippen LogP contribution is -2.21. The topological polar surface area (TPSA) is 21.3 Å². The lowest BCUT2D eigenvalue weighted by molar-refractivity contribution is 0.348. The molecule has 1 aliphatic rings. The number of benzene rings is 1. The van der Waals surface area contributed by atoms with Gasteiger partial charge in [-0.15, -0.1) is 0 Å². The molecule has 0 aliphatic heterocycles. The largest absolute Gasteiger partial charge is 0.486 e. The zero-order valence-electron chi connectivity index (χ0n) is 9.51. The monoisotopic (exact) mass is 271 g/mol. The molecule has 2 rings (SSSR count). The second-order valence-corrected chi connectivity index (χ2v) is 5.06. The maximum absolute atomic E-state index is 6.00. The number of hydrogen-bond acceptors (Lipinski definition) is 2. The molecule has 92 valence electrons. The summed E-state index contributed by atoms with van der Waals surface area (Å²) in [6.07, 6.45) is 2.54. The van der Waals surface area contributed by atoms with E-state index in [4.69, 9.17) is 27.9 Å². The molecule has 1 aliphatic carbocycles. The summed E-state index contributed by atoms with van der Waals surface area (Å²) < 4.78 is 5.58. The Morgan fingerprint density at radius 3 is 2.59 bits per heavy atom. The van der Waals surface area contributed by atoms with Crippen LogP contribution in [0, 0.1) is 0 Å². The summed E-state index contributed by atoms with van der Waals surface area (Å²) in [6.45, 7) is 5.17. The fraction of sp³-hybridized carbons (Fsp3) is 0.385. The molecule has 0 atom stereocenters. The molecule has 4 heteroatoms. The Morgan fingerprint density at radius 2 is 2.00 bits per heavy atom. The number of halogens is 2. The lowest BCUT2D eigenvalue weighted by atomic mass is 10.3. The predicted molar refractivity (Wildman–Crippen MR) is 72.1 cm³/mol. The molecule has 17 heavy (non-hydrogen) atoms. The Balaban J connectivity index is 1.81. The van der Waals surface area contributed by atoms with Crippen molar-refractivity contribution in [1.29, 1.82) is 0 Å². The number of hydrogen-bond donors (Lipinski definition) is 1. The molecule has 0 saturated heterocycles. The first kappa shape index (κ1) is 12.7. The van der Waals surface area contributed by atoms with E-state index in [1.807, 2.05) is 0 Å². The molecule has 0 bridgehead atoms. The van der Waals surface area contributed by atoms with Gasteiger partial charge in [0.2, 0.25) is 0 Å². The fourth-order valence-corrected chi connectivity index (χ4v) is 1.93. The Kier molecular flexibility index (Phi) is 4.32. The molecular weight excluding hydrogens is 257 g/mol. The van der Waals surface area contributed by atoms with Crippen molar-refractivity contribution >= 4 is 23.2 Å². The van der Waals surface area contributed by atoms with Gasteiger partial charge >= 0.3 is 0 Å². The van der Waals surface area contributed by atoms with Crippen LogP contribution in [0.3, 0.4) is 0 Å². The van der Waals surface area contributed by atoms with E-state index in [2.05, 4.69) is 11.9 Å². The van der Waals surface area contributed by atoms with Crippen molar-refractivity contribution in [1.82, 2.24) is 5.32 Å².